The van der Waals surface area contributed by atoms with E-state index < -0.39 is 0 Å². The predicted octanol–water partition coefficient (Wildman–Crippen LogP) is 1.12. The number of carbonyl (C=O) groups is 1. The number of hydrogen-bond acceptors (Lipinski definition) is 5. The highest BCUT2D eigenvalue weighted by Gasteiger charge is 2.33. The molecular formula is C14H21N3O2S. The molecule has 0 radical (unpaired) electrons. The van der Waals surface area contributed by atoms with Crippen LogP contribution < -0.4 is 0 Å². The minimum Gasteiger partial charge on any atom is -0.391 e. The zero-order valence-corrected chi connectivity index (χ0v) is 12.6. The van der Waals surface area contributed by atoms with Gasteiger partial charge in [0.15, 0.2) is 0 Å². The summed E-state index contributed by atoms with van der Waals surface area (Å²) in [4.78, 5) is 21.6. The van der Waals surface area contributed by atoms with Crippen LogP contribution in [0.3, 0.4) is 0 Å². The lowest BCUT2D eigenvalue weighted by Crippen LogP contribution is -2.53. The van der Waals surface area contributed by atoms with E-state index in [1.165, 1.54) is 11.3 Å². The Morgan fingerprint density at radius 1 is 1.35 bits per heavy atom. The van der Waals surface area contributed by atoms with E-state index >= 15 is 0 Å². The molecule has 1 aliphatic heterocycles. The molecule has 1 N–H and O–H groups in total. The van der Waals surface area contributed by atoms with Crippen LogP contribution in [-0.2, 0) is 0 Å². The second kappa shape index (κ2) is 5.79. The lowest BCUT2D eigenvalue weighted by atomic mass is 10.1. The Labute approximate surface area is 123 Å². The number of rotatable bonds is 2. The molecule has 1 saturated carbocycles. The first-order valence-corrected chi connectivity index (χ1v) is 8.16. The van der Waals surface area contributed by atoms with Crippen molar-refractivity contribution in [3.8, 4) is 0 Å². The minimum absolute atomic E-state index is 0.108. The molecule has 2 atom stereocenters. The Morgan fingerprint density at radius 3 is 2.65 bits per heavy atom. The molecule has 110 valence electrons. The summed E-state index contributed by atoms with van der Waals surface area (Å²) in [6.07, 6.45) is 2.94. The van der Waals surface area contributed by atoms with Crippen LogP contribution in [0.2, 0.25) is 0 Å². The number of aromatic nitrogens is 1. The van der Waals surface area contributed by atoms with Crippen molar-refractivity contribution < 1.29 is 9.90 Å². The number of carbonyl (C=O) groups excluding carboxylic acids is 1. The van der Waals surface area contributed by atoms with E-state index in [0.29, 0.717) is 6.04 Å². The topological polar surface area (TPSA) is 56.7 Å². The normalized spacial score (nSPS) is 28.0. The summed E-state index contributed by atoms with van der Waals surface area (Å²) in [5.41, 5.74) is 2.56. The maximum atomic E-state index is 12.4. The SMILES string of the molecule is Cc1ncsc1C(=O)N1CCN([C@@H]2CCC[C@@H]2O)CC1. The van der Waals surface area contributed by atoms with Gasteiger partial charge in [-0.2, -0.15) is 0 Å². The van der Waals surface area contributed by atoms with Crippen molar-refractivity contribution in [1.82, 2.24) is 14.8 Å². The standard InChI is InChI=1S/C14H21N3O2S/c1-10-13(20-9-15-10)14(19)17-7-5-16(6-8-17)11-3-2-4-12(11)18/h9,11-12,18H,2-8H2,1H3/t11-,12+/m1/s1. The summed E-state index contributed by atoms with van der Waals surface area (Å²) in [5.74, 6) is 0.108. The first-order valence-electron chi connectivity index (χ1n) is 7.28. The van der Waals surface area contributed by atoms with Crippen molar-refractivity contribution in [2.24, 2.45) is 0 Å². The van der Waals surface area contributed by atoms with E-state index in [-0.39, 0.29) is 12.0 Å². The van der Waals surface area contributed by atoms with Gasteiger partial charge >= 0.3 is 0 Å². The van der Waals surface area contributed by atoms with Crippen LogP contribution in [0.5, 0.6) is 0 Å². The van der Waals surface area contributed by atoms with E-state index in [9.17, 15) is 9.90 Å². The largest absolute Gasteiger partial charge is 0.391 e. The third kappa shape index (κ3) is 2.60. The Hall–Kier alpha value is -0.980. The zero-order chi connectivity index (χ0) is 14.1. The third-order valence-electron chi connectivity index (χ3n) is 4.45. The van der Waals surface area contributed by atoms with Gasteiger partial charge in [0.1, 0.15) is 4.88 Å². The summed E-state index contributed by atoms with van der Waals surface area (Å²) >= 11 is 1.42. The minimum atomic E-state index is -0.180. The first kappa shape index (κ1) is 14.0. The summed E-state index contributed by atoms with van der Waals surface area (Å²) < 4.78 is 0. The molecule has 0 unspecified atom stereocenters. The van der Waals surface area contributed by atoms with E-state index in [4.69, 9.17) is 0 Å². The highest BCUT2D eigenvalue weighted by molar-refractivity contribution is 7.11. The fourth-order valence-electron chi connectivity index (χ4n) is 3.25. The van der Waals surface area contributed by atoms with E-state index in [1.54, 1.807) is 5.51 Å². The maximum Gasteiger partial charge on any atom is 0.265 e. The molecule has 2 fully saturated rings. The summed E-state index contributed by atoms with van der Waals surface area (Å²) in [6, 6.07) is 0.303. The second-order valence-corrected chi connectivity index (χ2v) is 6.52. The molecule has 1 saturated heterocycles. The number of aliphatic hydroxyl groups excluding tert-OH is 1. The Bertz CT molecular complexity index is 483. The monoisotopic (exact) mass is 295 g/mol. The highest BCUT2D eigenvalue weighted by Crippen LogP contribution is 2.25. The molecule has 2 aliphatic rings. The van der Waals surface area contributed by atoms with E-state index in [2.05, 4.69) is 9.88 Å². The van der Waals surface area contributed by atoms with Crippen LogP contribution in [0.1, 0.15) is 34.6 Å². The van der Waals surface area contributed by atoms with Gasteiger partial charge in [-0.05, 0) is 26.2 Å². The van der Waals surface area contributed by atoms with Crippen LogP contribution >= 0.6 is 11.3 Å². The van der Waals surface area contributed by atoms with Gasteiger partial charge in [0, 0.05) is 32.2 Å². The van der Waals surface area contributed by atoms with E-state index in [0.717, 1.165) is 56.0 Å². The highest BCUT2D eigenvalue weighted by atomic mass is 32.1. The van der Waals surface area contributed by atoms with Crippen molar-refractivity contribution in [3.05, 3.63) is 16.1 Å². The third-order valence-corrected chi connectivity index (χ3v) is 5.37. The van der Waals surface area contributed by atoms with Gasteiger partial charge < -0.3 is 10.0 Å². The lowest BCUT2D eigenvalue weighted by Gasteiger charge is -2.39. The van der Waals surface area contributed by atoms with Gasteiger partial charge in [0.25, 0.3) is 5.91 Å². The number of piperazine rings is 1. The van der Waals surface area contributed by atoms with Gasteiger partial charge in [-0.25, -0.2) is 4.98 Å². The summed E-state index contributed by atoms with van der Waals surface area (Å²) in [7, 11) is 0. The molecule has 5 nitrogen and oxygen atoms in total. The molecule has 1 aromatic rings. The molecule has 20 heavy (non-hydrogen) atoms. The molecule has 0 spiro atoms. The van der Waals surface area contributed by atoms with Crippen molar-refractivity contribution >= 4 is 17.2 Å². The fourth-order valence-corrected chi connectivity index (χ4v) is 4.02. The maximum absolute atomic E-state index is 12.4. The fraction of sp³-hybridized carbons (Fsp3) is 0.714. The lowest BCUT2D eigenvalue weighted by molar-refractivity contribution is 0.0317. The van der Waals surface area contributed by atoms with Crippen molar-refractivity contribution in [1.29, 1.82) is 0 Å². The molecule has 1 amide bonds. The summed E-state index contributed by atoms with van der Waals surface area (Å²) in [6.45, 7) is 5.12. The van der Waals surface area contributed by atoms with Crippen LogP contribution in [0.15, 0.2) is 5.51 Å². The Balaban J connectivity index is 1.58. The van der Waals surface area contributed by atoms with Crippen LogP contribution in [-0.4, -0.2) is 64.1 Å². The molecule has 0 aromatic carbocycles. The van der Waals surface area contributed by atoms with Crippen molar-refractivity contribution in [2.45, 2.75) is 38.3 Å². The summed E-state index contributed by atoms with van der Waals surface area (Å²) in [5, 5.41) is 9.97. The Morgan fingerprint density at radius 2 is 2.10 bits per heavy atom. The number of amides is 1. The van der Waals surface area contributed by atoms with Gasteiger partial charge in [-0.3, -0.25) is 9.69 Å². The zero-order valence-electron chi connectivity index (χ0n) is 11.8. The van der Waals surface area contributed by atoms with Gasteiger partial charge in [0.05, 0.1) is 17.3 Å². The predicted molar refractivity (Wildman–Crippen MR) is 78.0 cm³/mol. The molecular weight excluding hydrogens is 274 g/mol. The first-order chi connectivity index (χ1) is 9.66. The molecule has 6 heteroatoms. The van der Waals surface area contributed by atoms with Crippen LogP contribution in [0.25, 0.3) is 0 Å². The number of aryl methyl sites for hydroxylation is 1. The average Bonchev–Trinajstić information content (AvgIpc) is 3.07. The molecule has 1 aromatic heterocycles. The number of aliphatic hydroxyl groups is 1. The molecule has 1 aliphatic carbocycles. The van der Waals surface area contributed by atoms with Gasteiger partial charge in [0.2, 0.25) is 0 Å². The smallest absolute Gasteiger partial charge is 0.265 e. The van der Waals surface area contributed by atoms with Gasteiger partial charge in [-0.15, -0.1) is 11.3 Å². The molecule has 3 rings (SSSR count). The average molecular weight is 295 g/mol. The molecule has 0 bridgehead atoms. The van der Waals surface area contributed by atoms with Crippen molar-refractivity contribution in [3.63, 3.8) is 0 Å². The van der Waals surface area contributed by atoms with Gasteiger partial charge in [-0.1, -0.05) is 0 Å². The van der Waals surface area contributed by atoms with Crippen LogP contribution in [0, 0.1) is 6.92 Å². The Kier molecular flexibility index (Phi) is 4.05. The number of nitrogens with zero attached hydrogens (tertiary/aromatic N) is 3. The quantitative estimate of drug-likeness (QED) is 0.888. The van der Waals surface area contributed by atoms with Crippen LogP contribution in [0.4, 0.5) is 0 Å². The second-order valence-electron chi connectivity index (χ2n) is 5.66. The number of hydrogen-bond donors (Lipinski definition) is 1. The van der Waals surface area contributed by atoms with E-state index in [1.807, 2.05) is 11.8 Å². The number of thiazole rings is 1. The van der Waals surface area contributed by atoms with Crippen molar-refractivity contribution in [2.75, 3.05) is 26.2 Å². The molecule has 2 heterocycles.